The summed E-state index contributed by atoms with van der Waals surface area (Å²) >= 11 is 0. The molecule has 0 saturated carbocycles. The van der Waals surface area contributed by atoms with Crippen LogP contribution in [0, 0.1) is 0 Å². The molecule has 0 aliphatic rings. The van der Waals surface area contributed by atoms with Gasteiger partial charge in [-0.25, -0.2) is 9.31 Å². The second kappa shape index (κ2) is 5.28. The van der Waals surface area contributed by atoms with Gasteiger partial charge in [0.25, 0.3) is 5.91 Å². The van der Waals surface area contributed by atoms with E-state index in [1.165, 1.54) is 16.9 Å². The standard InChI is InChI=1S/C13H16N4O3/c1-3-13(4-2,12(19)20)16-11(18)9-7-15-17-6-5-14-8-10(9)17/h5-8H,3-4H2,1-2H3,(H,16,18)(H,19,20). The molecule has 0 atom stereocenters. The average Bonchev–Trinajstić information content (AvgIpc) is 2.88. The van der Waals surface area contributed by atoms with Crippen molar-refractivity contribution in [3.8, 4) is 0 Å². The predicted molar refractivity (Wildman–Crippen MR) is 71.4 cm³/mol. The van der Waals surface area contributed by atoms with Crippen LogP contribution in [0.15, 0.2) is 24.8 Å². The molecule has 2 rings (SSSR count). The fraction of sp³-hybridized carbons (Fsp3) is 0.385. The second-order valence-electron chi connectivity index (χ2n) is 4.51. The summed E-state index contributed by atoms with van der Waals surface area (Å²) in [4.78, 5) is 27.6. The summed E-state index contributed by atoms with van der Waals surface area (Å²) in [6, 6.07) is 0. The second-order valence-corrected chi connectivity index (χ2v) is 4.51. The number of nitrogens with one attached hydrogen (secondary N) is 1. The van der Waals surface area contributed by atoms with E-state index < -0.39 is 17.4 Å². The smallest absolute Gasteiger partial charge is 0.329 e. The van der Waals surface area contributed by atoms with E-state index in [1.807, 2.05) is 0 Å². The Hall–Kier alpha value is -2.44. The number of nitrogens with zero attached hydrogens (tertiary/aromatic N) is 3. The van der Waals surface area contributed by atoms with Crippen molar-refractivity contribution < 1.29 is 14.7 Å². The van der Waals surface area contributed by atoms with Crippen LogP contribution in [0.3, 0.4) is 0 Å². The van der Waals surface area contributed by atoms with E-state index in [1.54, 1.807) is 26.2 Å². The summed E-state index contributed by atoms with van der Waals surface area (Å²) in [5.74, 6) is -1.50. The molecule has 0 unspecified atom stereocenters. The van der Waals surface area contributed by atoms with Crippen LogP contribution in [-0.2, 0) is 4.79 Å². The molecule has 2 N–H and O–H groups in total. The lowest BCUT2D eigenvalue weighted by Gasteiger charge is -2.27. The van der Waals surface area contributed by atoms with Crippen molar-refractivity contribution >= 4 is 17.4 Å². The Morgan fingerprint density at radius 3 is 2.65 bits per heavy atom. The Kier molecular flexibility index (Phi) is 3.69. The van der Waals surface area contributed by atoms with E-state index >= 15 is 0 Å². The number of aliphatic carboxylic acids is 1. The summed E-state index contributed by atoms with van der Waals surface area (Å²) in [5.41, 5.74) is -0.407. The molecule has 2 heterocycles. The van der Waals surface area contributed by atoms with Crippen LogP contribution >= 0.6 is 0 Å². The zero-order valence-electron chi connectivity index (χ0n) is 11.3. The van der Waals surface area contributed by atoms with Gasteiger partial charge in [0.05, 0.1) is 23.5 Å². The van der Waals surface area contributed by atoms with Crippen LogP contribution in [-0.4, -0.2) is 37.1 Å². The van der Waals surface area contributed by atoms with Crippen molar-refractivity contribution in [2.24, 2.45) is 0 Å². The van der Waals surface area contributed by atoms with Crippen LogP contribution in [0.1, 0.15) is 37.0 Å². The predicted octanol–water partition coefficient (Wildman–Crippen LogP) is 1.10. The highest BCUT2D eigenvalue weighted by Gasteiger charge is 2.37. The molecule has 0 spiro atoms. The zero-order chi connectivity index (χ0) is 14.8. The Morgan fingerprint density at radius 2 is 2.05 bits per heavy atom. The molecule has 0 radical (unpaired) electrons. The third-order valence-corrected chi connectivity index (χ3v) is 3.54. The van der Waals surface area contributed by atoms with Gasteiger partial charge in [0.15, 0.2) is 0 Å². The van der Waals surface area contributed by atoms with Crippen molar-refractivity contribution in [1.82, 2.24) is 19.9 Å². The number of carbonyl (C=O) groups excluding carboxylic acids is 1. The van der Waals surface area contributed by atoms with Gasteiger partial charge in [-0.2, -0.15) is 5.10 Å². The lowest BCUT2D eigenvalue weighted by molar-refractivity contribution is -0.144. The minimum atomic E-state index is -1.26. The molecule has 20 heavy (non-hydrogen) atoms. The monoisotopic (exact) mass is 276 g/mol. The Labute approximate surface area is 115 Å². The van der Waals surface area contributed by atoms with Crippen molar-refractivity contribution in [2.75, 3.05) is 0 Å². The van der Waals surface area contributed by atoms with Gasteiger partial charge in [0, 0.05) is 12.4 Å². The van der Waals surface area contributed by atoms with E-state index in [2.05, 4.69) is 15.4 Å². The van der Waals surface area contributed by atoms with Gasteiger partial charge >= 0.3 is 5.97 Å². The third kappa shape index (κ3) is 2.22. The Morgan fingerprint density at radius 1 is 1.35 bits per heavy atom. The van der Waals surface area contributed by atoms with Gasteiger partial charge in [-0.3, -0.25) is 9.78 Å². The summed E-state index contributed by atoms with van der Waals surface area (Å²) in [6.45, 7) is 3.46. The first-order valence-electron chi connectivity index (χ1n) is 6.37. The van der Waals surface area contributed by atoms with E-state index in [0.717, 1.165) is 0 Å². The Balaban J connectivity index is 2.34. The number of hydrogen-bond donors (Lipinski definition) is 2. The maximum Gasteiger partial charge on any atom is 0.329 e. The fourth-order valence-corrected chi connectivity index (χ4v) is 2.08. The molecule has 0 fully saturated rings. The van der Waals surface area contributed by atoms with Gasteiger partial charge in [-0.1, -0.05) is 13.8 Å². The van der Waals surface area contributed by atoms with E-state index in [4.69, 9.17) is 0 Å². The van der Waals surface area contributed by atoms with Crippen LogP contribution in [0.25, 0.3) is 5.52 Å². The topological polar surface area (TPSA) is 96.6 Å². The van der Waals surface area contributed by atoms with Crippen molar-refractivity contribution in [3.63, 3.8) is 0 Å². The summed E-state index contributed by atoms with van der Waals surface area (Å²) < 4.78 is 1.52. The van der Waals surface area contributed by atoms with Crippen molar-refractivity contribution in [2.45, 2.75) is 32.2 Å². The molecular formula is C13H16N4O3. The first-order chi connectivity index (χ1) is 9.54. The first-order valence-corrected chi connectivity index (χ1v) is 6.37. The lowest BCUT2D eigenvalue weighted by Crippen LogP contribution is -2.53. The zero-order valence-corrected chi connectivity index (χ0v) is 11.3. The number of carboxylic acids is 1. The maximum absolute atomic E-state index is 12.3. The van der Waals surface area contributed by atoms with Gasteiger partial charge < -0.3 is 10.4 Å². The number of fused-ring (bicyclic) bond motifs is 1. The van der Waals surface area contributed by atoms with Crippen LogP contribution in [0.5, 0.6) is 0 Å². The Bertz CT molecular complexity index is 646. The van der Waals surface area contributed by atoms with Crippen molar-refractivity contribution in [3.05, 3.63) is 30.4 Å². The van der Waals surface area contributed by atoms with Crippen LogP contribution in [0.4, 0.5) is 0 Å². The molecule has 0 aromatic carbocycles. The highest BCUT2D eigenvalue weighted by atomic mass is 16.4. The largest absolute Gasteiger partial charge is 0.480 e. The molecule has 0 aliphatic carbocycles. The summed E-state index contributed by atoms with van der Waals surface area (Å²) in [6.07, 6.45) is 6.72. The molecular weight excluding hydrogens is 260 g/mol. The molecule has 0 bridgehead atoms. The highest BCUT2D eigenvalue weighted by molar-refractivity contribution is 6.02. The minimum absolute atomic E-state index is 0.308. The van der Waals surface area contributed by atoms with E-state index in [0.29, 0.717) is 23.9 Å². The summed E-state index contributed by atoms with van der Waals surface area (Å²) in [5, 5.41) is 16.0. The average molecular weight is 276 g/mol. The number of hydrogen-bond acceptors (Lipinski definition) is 4. The molecule has 106 valence electrons. The normalized spacial score (nSPS) is 11.5. The van der Waals surface area contributed by atoms with Gasteiger partial charge in [0.2, 0.25) is 0 Å². The highest BCUT2D eigenvalue weighted by Crippen LogP contribution is 2.18. The van der Waals surface area contributed by atoms with Gasteiger partial charge in [-0.15, -0.1) is 0 Å². The van der Waals surface area contributed by atoms with E-state index in [-0.39, 0.29) is 0 Å². The SMILES string of the molecule is CCC(CC)(NC(=O)c1cnn2ccncc12)C(=O)O. The minimum Gasteiger partial charge on any atom is -0.480 e. The van der Waals surface area contributed by atoms with E-state index in [9.17, 15) is 14.7 Å². The number of rotatable bonds is 5. The quantitative estimate of drug-likeness (QED) is 0.852. The maximum atomic E-state index is 12.3. The molecule has 0 aliphatic heterocycles. The molecule has 7 nitrogen and oxygen atoms in total. The number of carbonyl (C=O) groups is 2. The molecule has 0 saturated heterocycles. The van der Waals surface area contributed by atoms with Gasteiger partial charge in [-0.05, 0) is 12.8 Å². The van der Waals surface area contributed by atoms with Crippen LogP contribution in [0.2, 0.25) is 0 Å². The lowest BCUT2D eigenvalue weighted by atomic mass is 9.92. The fourth-order valence-electron chi connectivity index (χ4n) is 2.08. The molecule has 1 amide bonds. The number of carboxylic acid groups (broad SMARTS) is 1. The van der Waals surface area contributed by atoms with Crippen molar-refractivity contribution in [1.29, 1.82) is 0 Å². The molecule has 7 heteroatoms. The summed E-state index contributed by atoms with van der Waals surface area (Å²) in [7, 11) is 0. The molecule has 2 aromatic rings. The molecule has 2 aromatic heterocycles. The number of amides is 1. The number of aromatic nitrogens is 3. The van der Waals surface area contributed by atoms with Crippen LogP contribution < -0.4 is 5.32 Å². The first kappa shape index (κ1) is 14.0. The van der Waals surface area contributed by atoms with Gasteiger partial charge in [0.1, 0.15) is 5.54 Å². The third-order valence-electron chi connectivity index (χ3n) is 3.54.